The van der Waals surface area contributed by atoms with E-state index in [0.717, 1.165) is 6.42 Å². The minimum absolute atomic E-state index is 0.0707. The molecule has 1 heterocycles. The molecular formula is C16H23FN2O3. The molecule has 3 N–H and O–H groups in total. The summed E-state index contributed by atoms with van der Waals surface area (Å²) in [6.45, 7) is 4.38. The molecule has 1 aliphatic heterocycles. The van der Waals surface area contributed by atoms with Crippen molar-refractivity contribution in [1.29, 1.82) is 0 Å². The maximum atomic E-state index is 13.8. The number of nitrogens with one attached hydrogen (secondary N) is 2. The van der Waals surface area contributed by atoms with Crippen molar-refractivity contribution in [3.8, 4) is 5.75 Å². The molecule has 0 saturated carbocycles. The third-order valence-electron chi connectivity index (χ3n) is 3.80. The number of hydrogen-bond acceptors (Lipinski definition) is 3. The van der Waals surface area contributed by atoms with Crippen molar-refractivity contribution in [1.82, 2.24) is 10.6 Å². The van der Waals surface area contributed by atoms with E-state index in [1.165, 1.54) is 6.07 Å². The molecule has 0 saturated heterocycles. The van der Waals surface area contributed by atoms with Gasteiger partial charge in [0.25, 0.3) is 0 Å². The smallest absolute Gasteiger partial charge is 0.315 e. The number of aliphatic hydroxyl groups is 1. The number of urea groups is 1. The van der Waals surface area contributed by atoms with Crippen LogP contribution in [0.5, 0.6) is 5.75 Å². The molecule has 1 aromatic carbocycles. The van der Waals surface area contributed by atoms with Crippen LogP contribution in [0.2, 0.25) is 0 Å². The molecule has 1 aromatic rings. The number of carbonyl (C=O) groups is 1. The zero-order valence-electron chi connectivity index (χ0n) is 12.9. The molecule has 0 bridgehead atoms. The number of amides is 2. The molecular weight excluding hydrogens is 287 g/mol. The molecule has 22 heavy (non-hydrogen) atoms. The van der Waals surface area contributed by atoms with Gasteiger partial charge >= 0.3 is 6.03 Å². The fourth-order valence-electron chi connectivity index (χ4n) is 2.36. The summed E-state index contributed by atoms with van der Waals surface area (Å²) in [6.07, 6.45) is 0.817. The molecule has 0 aromatic heterocycles. The quantitative estimate of drug-likeness (QED) is 0.799. The van der Waals surface area contributed by atoms with Crippen molar-refractivity contribution in [2.24, 2.45) is 5.92 Å². The van der Waals surface area contributed by atoms with Crippen LogP contribution in [0.1, 0.15) is 38.3 Å². The zero-order valence-corrected chi connectivity index (χ0v) is 12.9. The van der Waals surface area contributed by atoms with Gasteiger partial charge in [-0.15, -0.1) is 0 Å². The second-order valence-electron chi connectivity index (χ2n) is 5.87. The van der Waals surface area contributed by atoms with Crippen LogP contribution in [0.3, 0.4) is 0 Å². The van der Waals surface area contributed by atoms with Crippen LogP contribution < -0.4 is 15.4 Å². The maximum Gasteiger partial charge on any atom is 0.315 e. The van der Waals surface area contributed by atoms with Crippen LogP contribution in [0, 0.1) is 11.7 Å². The lowest BCUT2D eigenvalue weighted by atomic mass is 10.0. The van der Waals surface area contributed by atoms with E-state index in [9.17, 15) is 14.3 Å². The van der Waals surface area contributed by atoms with Crippen LogP contribution in [0.15, 0.2) is 18.2 Å². The Bertz CT molecular complexity index is 522. The molecule has 0 spiro atoms. The van der Waals surface area contributed by atoms with Gasteiger partial charge in [-0.1, -0.05) is 26.0 Å². The highest BCUT2D eigenvalue weighted by molar-refractivity contribution is 5.74. The molecule has 1 aliphatic rings. The van der Waals surface area contributed by atoms with Gasteiger partial charge < -0.3 is 20.5 Å². The van der Waals surface area contributed by atoms with Crippen LogP contribution in [0.25, 0.3) is 0 Å². The van der Waals surface area contributed by atoms with E-state index in [0.29, 0.717) is 18.6 Å². The van der Waals surface area contributed by atoms with E-state index < -0.39 is 11.9 Å². The van der Waals surface area contributed by atoms with Crippen LogP contribution in [-0.4, -0.2) is 30.4 Å². The normalized spacial score (nSPS) is 18.9. The van der Waals surface area contributed by atoms with Gasteiger partial charge in [-0.05, 0) is 24.8 Å². The zero-order chi connectivity index (χ0) is 16.1. The van der Waals surface area contributed by atoms with E-state index >= 15 is 0 Å². The van der Waals surface area contributed by atoms with E-state index in [1.54, 1.807) is 12.1 Å². The molecule has 6 heteroatoms. The van der Waals surface area contributed by atoms with Gasteiger partial charge in [-0.25, -0.2) is 9.18 Å². The van der Waals surface area contributed by atoms with Crippen LogP contribution in [0.4, 0.5) is 9.18 Å². The number of rotatable bonds is 4. The van der Waals surface area contributed by atoms with Crippen molar-refractivity contribution in [2.45, 2.75) is 38.8 Å². The molecule has 2 atom stereocenters. The number of aliphatic hydroxyl groups excluding tert-OH is 1. The van der Waals surface area contributed by atoms with Gasteiger partial charge in [0.2, 0.25) is 0 Å². The average Bonchev–Trinajstić information content (AvgIpc) is 2.68. The standard InChI is InChI=1S/C16H23FN2O3/c1-10(2)14(20)9-18-16(21)19-13-7-4-8-22-15-11(13)5-3-6-12(15)17/h3,5-6,10,13-14,20H,4,7-9H2,1-2H3,(H2,18,19,21). The highest BCUT2D eigenvalue weighted by atomic mass is 19.1. The van der Waals surface area contributed by atoms with Gasteiger partial charge in [-0.2, -0.15) is 0 Å². The van der Waals surface area contributed by atoms with Gasteiger partial charge in [0.15, 0.2) is 11.6 Å². The van der Waals surface area contributed by atoms with E-state index in [-0.39, 0.29) is 30.3 Å². The Morgan fingerprint density at radius 1 is 1.50 bits per heavy atom. The Hall–Kier alpha value is -1.82. The first kappa shape index (κ1) is 16.5. The molecule has 2 unspecified atom stereocenters. The molecule has 0 fully saturated rings. The van der Waals surface area contributed by atoms with Gasteiger partial charge in [-0.3, -0.25) is 0 Å². The highest BCUT2D eigenvalue weighted by Gasteiger charge is 2.24. The lowest BCUT2D eigenvalue weighted by Crippen LogP contribution is -2.42. The van der Waals surface area contributed by atoms with E-state index in [4.69, 9.17) is 4.74 Å². The molecule has 122 valence electrons. The third kappa shape index (κ3) is 4.10. The summed E-state index contributed by atoms with van der Waals surface area (Å²) in [7, 11) is 0. The summed E-state index contributed by atoms with van der Waals surface area (Å²) < 4.78 is 19.3. The molecule has 2 rings (SSSR count). The molecule has 2 amide bonds. The van der Waals surface area contributed by atoms with E-state index in [2.05, 4.69) is 10.6 Å². The topological polar surface area (TPSA) is 70.6 Å². The minimum Gasteiger partial charge on any atom is -0.490 e. The lowest BCUT2D eigenvalue weighted by molar-refractivity contribution is 0.124. The number of hydrogen-bond donors (Lipinski definition) is 3. The first-order valence-corrected chi connectivity index (χ1v) is 7.62. The Morgan fingerprint density at radius 2 is 2.27 bits per heavy atom. The Labute approximate surface area is 129 Å². The number of carbonyl (C=O) groups excluding carboxylic acids is 1. The summed E-state index contributed by atoms with van der Waals surface area (Å²) in [4.78, 5) is 12.0. The average molecular weight is 310 g/mol. The Morgan fingerprint density at radius 3 is 3.00 bits per heavy atom. The Balaban J connectivity index is 2.01. The number of halogens is 1. The molecule has 0 aliphatic carbocycles. The maximum absolute atomic E-state index is 13.8. The van der Waals surface area contributed by atoms with Crippen molar-refractivity contribution in [2.75, 3.05) is 13.2 Å². The summed E-state index contributed by atoms with van der Waals surface area (Å²) in [5, 5.41) is 15.2. The number of ether oxygens (including phenoxy) is 1. The van der Waals surface area contributed by atoms with Crippen molar-refractivity contribution < 1.29 is 19.0 Å². The van der Waals surface area contributed by atoms with Crippen LogP contribution >= 0.6 is 0 Å². The monoisotopic (exact) mass is 310 g/mol. The van der Waals surface area contributed by atoms with E-state index in [1.807, 2.05) is 13.8 Å². The Kier molecular flexibility index (Phi) is 5.60. The summed E-state index contributed by atoms with van der Waals surface area (Å²) in [6, 6.07) is 4.04. The molecule has 0 radical (unpaired) electrons. The second kappa shape index (κ2) is 7.45. The first-order valence-electron chi connectivity index (χ1n) is 7.62. The van der Waals surface area contributed by atoms with Crippen LogP contribution in [-0.2, 0) is 0 Å². The van der Waals surface area contributed by atoms with Gasteiger partial charge in [0, 0.05) is 12.1 Å². The summed E-state index contributed by atoms with van der Waals surface area (Å²) in [5.74, 6) is -0.129. The first-order chi connectivity index (χ1) is 10.5. The van der Waals surface area contributed by atoms with Gasteiger partial charge in [0.05, 0.1) is 18.8 Å². The lowest BCUT2D eigenvalue weighted by Gasteiger charge is -2.20. The summed E-state index contributed by atoms with van der Waals surface area (Å²) >= 11 is 0. The van der Waals surface area contributed by atoms with Crippen molar-refractivity contribution in [3.63, 3.8) is 0 Å². The van der Waals surface area contributed by atoms with Gasteiger partial charge in [0.1, 0.15) is 0 Å². The second-order valence-corrected chi connectivity index (χ2v) is 5.87. The largest absolute Gasteiger partial charge is 0.490 e. The number of para-hydroxylation sites is 1. The minimum atomic E-state index is -0.590. The predicted molar refractivity (Wildman–Crippen MR) is 81.2 cm³/mol. The fourth-order valence-corrected chi connectivity index (χ4v) is 2.36. The molecule has 5 nitrogen and oxygen atoms in total. The number of benzene rings is 1. The summed E-state index contributed by atoms with van der Waals surface area (Å²) in [5.41, 5.74) is 0.650. The highest BCUT2D eigenvalue weighted by Crippen LogP contribution is 2.33. The predicted octanol–water partition coefficient (Wildman–Crippen LogP) is 2.36. The SMILES string of the molecule is CC(C)C(O)CNC(=O)NC1CCCOc2c(F)cccc21. The van der Waals surface area contributed by atoms with Crippen molar-refractivity contribution >= 4 is 6.03 Å². The van der Waals surface area contributed by atoms with Crippen molar-refractivity contribution in [3.05, 3.63) is 29.6 Å². The third-order valence-corrected chi connectivity index (χ3v) is 3.80. The fraction of sp³-hybridized carbons (Fsp3) is 0.562. The number of fused-ring (bicyclic) bond motifs is 1.